The number of carbonyl (C=O) groups is 1. The van der Waals surface area contributed by atoms with E-state index in [1.54, 1.807) is 20.8 Å². The van der Waals surface area contributed by atoms with Gasteiger partial charge in [-0.15, -0.1) is 0 Å². The molecule has 38 heavy (non-hydrogen) atoms. The number of hydrogen-bond acceptors (Lipinski definition) is 4. The van der Waals surface area contributed by atoms with Crippen molar-refractivity contribution < 1.29 is 23.0 Å². The fourth-order valence-electron chi connectivity index (χ4n) is 5.60. The van der Waals surface area contributed by atoms with Gasteiger partial charge in [-0.25, -0.2) is 13.6 Å². The number of halogens is 2. The summed E-state index contributed by atoms with van der Waals surface area (Å²) in [6.45, 7) is 13.1. The van der Waals surface area contributed by atoms with E-state index in [0.717, 1.165) is 28.6 Å². The number of carbonyl (C=O) groups excluding carboxylic acids is 1. The van der Waals surface area contributed by atoms with Gasteiger partial charge >= 0.3 is 6.09 Å². The molecule has 0 unspecified atom stereocenters. The summed E-state index contributed by atoms with van der Waals surface area (Å²) in [5, 5.41) is 1.10. The first-order chi connectivity index (χ1) is 17.9. The average molecular weight is 526 g/mol. The van der Waals surface area contributed by atoms with Gasteiger partial charge in [-0.2, -0.15) is 0 Å². The monoisotopic (exact) mass is 525 g/mol. The Kier molecular flexibility index (Phi) is 6.88. The van der Waals surface area contributed by atoms with Gasteiger partial charge in [0, 0.05) is 46.9 Å². The molecule has 6 nitrogen and oxygen atoms in total. The van der Waals surface area contributed by atoms with E-state index in [9.17, 15) is 4.79 Å². The number of benzene rings is 2. The van der Waals surface area contributed by atoms with Crippen molar-refractivity contribution >= 4 is 17.0 Å². The predicted molar refractivity (Wildman–Crippen MR) is 143 cm³/mol. The number of aromatic nitrogens is 1. The number of fused-ring (bicyclic) bond motifs is 3. The number of rotatable bonds is 5. The molecule has 0 radical (unpaired) electrons. The molecule has 0 bridgehead atoms. The van der Waals surface area contributed by atoms with Gasteiger partial charge in [-0.1, -0.05) is 32.0 Å². The second-order valence-corrected chi connectivity index (χ2v) is 12.0. The zero-order chi connectivity index (χ0) is 27.4. The zero-order valence-corrected chi connectivity index (χ0v) is 23.0. The third-order valence-corrected chi connectivity index (χ3v) is 7.22. The molecule has 2 aliphatic rings. The number of ether oxygens (including phenoxy) is 2. The van der Waals surface area contributed by atoms with Crippen molar-refractivity contribution in [3.05, 3.63) is 64.9 Å². The molecule has 2 aromatic carbocycles. The lowest BCUT2D eigenvalue weighted by molar-refractivity contribution is -0.0223. The predicted octanol–water partition coefficient (Wildman–Crippen LogP) is 6.44. The van der Waals surface area contributed by atoms with E-state index >= 15 is 8.78 Å². The van der Waals surface area contributed by atoms with Crippen molar-refractivity contribution in [2.45, 2.75) is 71.8 Å². The number of nitrogens with zero attached hydrogens (tertiary/aromatic N) is 2. The van der Waals surface area contributed by atoms with Crippen molar-refractivity contribution in [3.63, 3.8) is 0 Å². The average Bonchev–Trinajstić information content (AvgIpc) is 3.14. The number of para-hydroxylation sites is 1. The number of likely N-dealkylation sites (tertiary alicyclic amines) is 1. The van der Waals surface area contributed by atoms with Crippen LogP contribution in [0.2, 0.25) is 0 Å². The molecule has 3 aromatic rings. The molecule has 1 amide bonds. The summed E-state index contributed by atoms with van der Waals surface area (Å²) in [4.78, 5) is 19.4. The normalized spacial score (nSPS) is 20.5. The summed E-state index contributed by atoms with van der Waals surface area (Å²) in [6, 6.07) is 10.1. The van der Waals surface area contributed by atoms with Crippen molar-refractivity contribution in [3.8, 4) is 5.75 Å². The smallest absolute Gasteiger partial charge is 0.410 e. The highest BCUT2D eigenvalue weighted by Crippen LogP contribution is 2.43. The van der Waals surface area contributed by atoms with Crippen LogP contribution < -0.4 is 4.74 Å². The molecule has 1 aromatic heterocycles. The van der Waals surface area contributed by atoms with Crippen molar-refractivity contribution in [2.75, 3.05) is 19.6 Å². The van der Waals surface area contributed by atoms with Crippen LogP contribution in [0, 0.1) is 17.6 Å². The third-order valence-electron chi connectivity index (χ3n) is 7.22. The highest BCUT2D eigenvalue weighted by molar-refractivity contribution is 5.85. The minimum Gasteiger partial charge on any atom is -0.487 e. The zero-order valence-electron chi connectivity index (χ0n) is 23.0. The Bertz CT molecular complexity index is 1320. The van der Waals surface area contributed by atoms with E-state index in [2.05, 4.69) is 36.7 Å². The van der Waals surface area contributed by atoms with Crippen LogP contribution >= 0.6 is 0 Å². The Balaban J connectivity index is 1.42. The molecule has 3 heterocycles. The maximum absolute atomic E-state index is 15.8. The first kappa shape index (κ1) is 26.5. The fraction of sp³-hybridized carbons (Fsp3) is 0.500. The first-order valence-electron chi connectivity index (χ1n) is 13.4. The molecule has 1 fully saturated rings. The maximum Gasteiger partial charge on any atom is 0.410 e. The minimum atomic E-state index is -0.638. The third kappa shape index (κ3) is 5.10. The summed E-state index contributed by atoms with van der Waals surface area (Å²) in [5.41, 5.74) is 2.39. The van der Waals surface area contributed by atoms with E-state index in [-0.39, 0.29) is 23.5 Å². The largest absolute Gasteiger partial charge is 0.487 e. The minimum absolute atomic E-state index is 0.0290. The summed E-state index contributed by atoms with van der Waals surface area (Å²) in [5.74, 6) is -0.832. The molecule has 2 aliphatic heterocycles. The van der Waals surface area contributed by atoms with E-state index < -0.39 is 29.4 Å². The van der Waals surface area contributed by atoms with Crippen LogP contribution in [0.4, 0.5) is 13.6 Å². The van der Waals surface area contributed by atoms with Gasteiger partial charge in [0.25, 0.3) is 0 Å². The van der Waals surface area contributed by atoms with Gasteiger partial charge in [-0.05, 0) is 51.7 Å². The van der Waals surface area contributed by atoms with Gasteiger partial charge in [-0.3, -0.25) is 4.90 Å². The fourth-order valence-corrected chi connectivity index (χ4v) is 5.60. The van der Waals surface area contributed by atoms with Crippen LogP contribution in [-0.4, -0.2) is 58.3 Å². The molecule has 8 heteroatoms. The van der Waals surface area contributed by atoms with E-state index in [1.807, 2.05) is 18.2 Å². The van der Waals surface area contributed by atoms with Gasteiger partial charge in [0.2, 0.25) is 0 Å². The molecule has 2 atom stereocenters. The van der Waals surface area contributed by atoms with E-state index in [4.69, 9.17) is 9.47 Å². The topological polar surface area (TPSA) is 57.8 Å². The summed E-state index contributed by atoms with van der Waals surface area (Å²) in [7, 11) is 0. The Morgan fingerprint density at radius 3 is 2.42 bits per heavy atom. The number of nitrogens with one attached hydrogen (secondary N) is 1. The molecular formula is C30H37F2N3O3. The van der Waals surface area contributed by atoms with Crippen LogP contribution in [0.25, 0.3) is 10.9 Å². The number of aromatic amines is 1. The van der Waals surface area contributed by atoms with E-state index in [1.165, 1.54) is 17.0 Å². The Morgan fingerprint density at radius 1 is 1.13 bits per heavy atom. The molecule has 5 rings (SSSR count). The first-order valence-corrected chi connectivity index (χ1v) is 13.4. The lowest BCUT2D eigenvalue weighted by Crippen LogP contribution is -2.57. The Morgan fingerprint density at radius 2 is 1.79 bits per heavy atom. The molecule has 204 valence electrons. The maximum atomic E-state index is 15.8. The van der Waals surface area contributed by atoms with Crippen LogP contribution in [0.15, 0.2) is 36.4 Å². The lowest BCUT2D eigenvalue weighted by Gasteiger charge is -2.42. The molecule has 0 saturated carbocycles. The number of amides is 1. The summed E-state index contributed by atoms with van der Waals surface area (Å²) < 4.78 is 42.8. The molecule has 1 N–H and O–H groups in total. The van der Waals surface area contributed by atoms with Gasteiger partial charge in [0.1, 0.15) is 29.1 Å². The quantitative estimate of drug-likeness (QED) is 0.417. The highest BCUT2D eigenvalue weighted by atomic mass is 19.1. The van der Waals surface area contributed by atoms with Crippen LogP contribution in [-0.2, 0) is 11.2 Å². The van der Waals surface area contributed by atoms with Crippen molar-refractivity contribution in [1.29, 1.82) is 0 Å². The van der Waals surface area contributed by atoms with Gasteiger partial charge in [0.05, 0.1) is 19.1 Å². The summed E-state index contributed by atoms with van der Waals surface area (Å²) >= 11 is 0. The van der Waals surface area contributed by atoms with Crippen molar-refractivity contribution in [2.24, 2.45) is 5.92 Å². The number of H-pyrrole nitrogens is 1. The number of hydrogen-bond donors (Lipinski definition) is 1. The van der Waals surface area contributed by atoms with Crippen LogP contribution in [0.5, 0.6) is 5.75 Å². The molecular weight excluding hydrogens is 488 g/mol. The SMILES string of the molecule is CC(C)CN1[C@H](c2c(F)cc(OC3CN(C(=O)OC(C)(C)C)C3)cc2F)c2[nH]c3ccccc3c2C[C@H]1C. The Hall–Kier alpha value is -3.13. The van der Waals surface area contributed by atoms with Gasteiger partial charge < -0.3 is 19.4 Å². The lowest BCUT2D eigenvalue weighted by atomic mass is 9.87. The summed E-state index contributed by atoms with van der Waals surface area (Å²) in [6.07, 6.45) is 0.0403. The van der Waals surface area contributed by atoms with Crippen LogP contribution in [0.3, 0.4) is 0 Å². The van der Waals surface area contributed by atoms with Crippen LogP contribution in [0.1, 0.15) is 64.4 Å². The standard InChI is InChI=1S/C30H37F2N3O3/c1-17(2)14-35-18(3)11-22-21-9-7-8-10-25(21)33-27(22)28(35)26-23(31)12-19(13-24(26)32)37-20-15-34(16-20)29(36)38-30(4,5)6/h7-10,12-13,17-18,20,28,33H,11,14-16H2,1-6H3/t18-,28-/m1/s1. The highest BCUT2D eigenvalue weighted by Gasteiger charge is 2.40. The molecule has 1 saturated heterocycles. The van der Waals surface area contributed by atoms with Crippen molar-refractivity contribution in [1.82, 2.24) is 14.8 Å². The Labute approximate surface area is 222 Å². The molecule has 0 aliphatic carbocycles. The second kappa shape index (κ2) is 9.88. The second-order valence-electron chi connectivity index (χ2n) is 12.0. The van der Waals surface area contributed by atoms with E-state index in [0.29, 0.717) is 25.6 Å². The van der Waals surface area contributed by atoms with Gasteiger partial charge in [0.15, 0.2) is 0 Å². The molecule has 0 spiro atoms.